The maximum atomic E-state index is 11.9. The summed E-state index contributed by atoms with van der Waals surface area (Å²) in [6, 6.07) is 0. The second-order valence-corrected chi connectivity index (χ2v) is 5.47. The molecule has 0 aromatic rings. The highest BCUT2D eigenvalue weighted by Crippen LogP contribution is 2.29. The molecule has 27 heavy (non-hydrogen) atoms. The molecular weight excluding hydrogens is 368 g/mol. The molecule has 152 valence electrons. The minimum atomic E-state index is -3.20. The van der Waals surface area contributed by atoms with E-state index in [1.165, 1.54) is 0 Å². The summed E-state index contributed by atoms with van der Waals surface area (Å²) in [7, 11) is 0. The van der Waals surface area contributed by atoms with Crippen LogP contribution in [-0.4, -0.2) is 67.2 Å². The Morgan fingerprint density at radius 2 is 1.26 bits per heavy atom. The van der Waals surface area contributed by atoms with E-state index >= 15 is 0 Å². The zero-order valence-electron chi connectivity index (χ0n) is 18.1. The largest absolute Gasteiger partial charge is 0.463 e. The quantitative estimate of drug-likeness (QED) is 0.431. The van der Waals surface area contributed by atoms with Crippen LogP contribution in [0.15, 0.2) is 0 Å². The molecule has 0 saturated carbocycles. The first kappa shape index (κ1) is 17.7. The molecule has 1 aliphatic heterocycles. The van der Waals surface area contributed by atoms with E-state index in [2.05, 4.69) is 0 Å². The van der Waals surface area contributed by atoms with Gasteiger partial charge in [-0.05, 0) is 0 Å². The fraction of sp³-hybridized carbons (Fsp3) is 0.688. The lowest BCUT2D eigenvalue weighted by atomic mass is 9.98. The van der Waals surface area contributed by atoms with E-state index in [9.17, 15) is 24.0 Å². The zero-order valence-corrected chi connectivity index (χ0v) is 15.1. The molecule has 1 rings (SSSR count). The van der Waals surface area contributed by atoms with Crippen molar-refractivity contribution < 1.29 is 56.5 Å². The summed E-state index contributed by atoms with van der Waals surface area (Å²) in [5, 5.41) is 0. The molecule has 11 heteroatoms. The summed E-state index contributed by atoms with van der Waals surface area (Å²) < 4.78 is 51.7. The van der Waals surface area contributed by atoms with E-state index in [4.69, 9.17) is 32.5 Å². The smallest absolute Gasteiger partial charge is 0.305 e. The highest BCUT2D eigenvalue weighted by molar-refractivity contribution is 5.69. The van der Waals surface area contributed by atoms with Crippen LogP contribution in [-0.2, 0) is 52.4 Å². The van der Waals surface area contributed by atoms with Crippen LogP contribution in [0, 0.1) is 0 Å². The van der Waals surface area contributed by atoms with Gasteiger partial charge in [-0.25, -0.2) is 0 Å². The molecule has 5 atom stereocenters. The SMILES string of the molecule is [2H]C([2H])([2H])C(=O)O[C@H]1[C@@H](OC(C)=O)O[C@H](COC(C)=O)[C@H](OC(C)=O)[C@@H]1OC(C)=O. The van der Waals surface area contributed by atoms with E-state index in [0.717, 1.165) is 27.7 Å². The van der Waals surface area contributed by atoms with Gasteiger partial charge in [0.2, 0.25) is 12.4 Å². The normalized spacial score (nSPS) is 29.2. The number of ether oxygens (including phenoxy) is 6. The average Bonchev–Trinajstić information content (AvgIpc) is 2.56. The van der Waals surface area contributed by atoms with Gasteiger partial charge in [0, 0.05) is 38.7 Å². The Bertz CT molecular complexity index is 690. The van der Waals surface area contributed by atoms with Crippen molar-refractivity contribution in [2.75, 3.05) is 6.61 Å². The first-order valence-corrected chi connectivity index (χ1v) is 7.74. The molecule has 1 saturated heterocycles. The fourth-order valence-electron chi connectivity index (χ4n) is 2.38. The minimum absolute atomic E-state index is 0.511. The van der Waals surface area contributed by atoms with E-state index in [0.29, 0.717) is 0 Å². The number of carbonyl (C=O) groups is 5. The fourth-order valence-corrected chi connectivity index (χ4v) is 2.38. The summed E-state index contributed by atoms with van der Waals surface area (Å²) >= 11 is 0. The minimum Gasteiger partial charge on any atom is -0.463 e. The van der Waals surface area contributed by atoms with Crippen LogP contribution in [0.2, 0.25) is 0 Å². The maximum Gasteiger partial charge on any atom is 0.305 e. The molecule has 0 spiro atoms. The van der Waals surface area contributed by atoms with E-state index < -0.39 is 74.0 Å². The standard InChI is InChI=1S/C16H22O11/c1-7(17)22-6-12-13(23-8(2)18)14(24-9(3)19)15(25-10(4)20)16(27-12)26-11(5)21/h12-16H,6H2,1-5H3/t12-,13+,14+,15-,16+/m1/s1/i4D3. The number of carbonyl (C=O) groups excluding carboxylic acids is 5. The van der Waals surface area contributed by atoms with E-state index in [1.807, 2.05) is 0 Å². The Morgan fingerprint density at radius 3 is 1.74 bits per heavy atom. The van der Waals surface area contributed by atoms with Gasteiger partial charge >= 0.3 is 29.8 Å². The molecule has 0 amide bonds. The molecule has 0 aromatic carbocycles. The Kier molecular flexibility index (Phi) is 6.46. The number of hydrogen-bond acceptors (Lipinski definition) is 11. The lowest BCUT2D eigenvalue weighted by molar-refractivity contribution is -0.300. The third-order valence-corrected chi connectivity index (χ3v) is 3.17. The molecule has 0 aliphatic carbocycles. The van der Waals surface area contributed by atoms with E-state index in [-0.39, 0.29) is 0 Å². The molecule has 0 N–H and O–H groups in total. The average molecular weight is 393 g/mol. The Hall–Kier alpha value is -2.69. The number of esters is 5. The summed E-state index contributed by atoms with van der Waals surface area (Å²) in [6.45, 7) is 0.389. The van der Waals surface area contributed by atoms with Crippen LogP contribution in [0.3, 0.4) is 0 Å². The third-order valence-electron chi connectivity index (χ3n) is 3.17. The highest BCUT2D eigenvalue weighted by Gasteiger charge is 2.53. The first-order valence-electron chi connectivity index (χ1n) is 9.24. The van der Waals surface area contributed by atoms with Gasteiger partial charge in [-0.1, -0.05) is 0 Å². The van der Waals surface area contributed by atoms with Gasteiger partial charge < -0.3 is 28.4 Å². The Morgan fingerprint density at radius 1 is 0.741 bits per heavy atom. The monoisotopic (exact) mass is 393 g/mol. The topological polar surface area (TPSA) is 141 Å². The highest BCUT2D eigenvalue weighted by atomic mass is 16.7. The maximum absolute atomic E-state index is 11.9. The lowest BCUT2D eigenvalue weighted by Crippen LogP contribution is -2.63. The van der Waals surface area contributed by atoms with Crippen molar-refractivity contribution >= 4 is 29.8 Å². The Labute approximate surface area is 159 Å². The molecule has 1 heterocycles. The summed E-state index contributed by atoms with van der Waals surface area (Å²) in [5.74, 6) is -5.11. The second kappa shape index (κ2) is 9.86. The lowest BCUT2D eigenvalue weighted by Gasteiger charge is -2.43. The van der Waals surface area contributed by atoms with Crippen molar-refractivity contribution in [2.24, 2.45) is 0 Å². The molecule has 0 bridgehead atoms. The van der Waals surface area contributed by atoms with Gasteiger partial charge in [-0.15, -0.1) is 0 Å². The number of hydrogen-bond donors (Lipinski definition) is 0. The summed E-state index contributed by atoms with van der Waals surface area (Å²) in [6.07, 6.45) is -8.01. The van der Waals surface area contributed by atoms with Crippen molar-refractivity contribution in [3.63, 3.8) is 0 Å². The van der Waals surface area contributed by atoms with Crippen molar-refractivity contribution in [1.82, 2.24) is 0 Å². The molecule has 1 aliphatic rings. The molecule has 0 aromatic heterocycles. The molecule has 11 nitrogen and oxygen atoms in total. The van der Waals surface area contributed by atoms with Gasteiger partial charge in [-0.3, -0.25) is 24.0 Å². The molecular formula is C16H22O11. The first-order chi connectivity index (χ1) is 13.7. The second-order valence-electron chi connectivity index (χ2n) is 5.47. The predicted molar refractivity (Wildman–Crippen MR) is 83.7 cm³/mol. The van der Waals surface area contributed by atoms with Crippen LogP contribution in [0.1, 0.15) is 38.7 Å². The van der Waals surface area contributed by atoms with Gasteiger partial charge in [0.25, 0.3) is 0 Å². The van der Waals surface area contributed by atoms with Crippen LogP contribution >= 0.6 is 0 Å². The van der Waals surface area contributed by atoms with Crippen molar-refractivity contribution in [1.29, 1.82) is 0 Å². The molecule has 1 fully saturated rings. The van der Waals surface area contributed by atoms with Gasteiger partial charge in [0.1, 0.15) is 12.7 Å². The van der Waals surface area contributed by atoms with E-state index in [1.54, 1.807) is 0 Å². The van der Waals surface area contributed by atoms with Crippen LogP contribution in [0.5, 0.6) is 0 Å². The third kappa shape index (κ3) is 7.21. The van der Waals surface area contributed by atoms with Gasteiger partial charge in [0.05, 0.1) is 0 Å². The van der Waals surface area contributed by atoms with Crippen molar-refractivity contribution in [3.8, 4) is 0 Å². The molecule has 0 radical (unpaired) electrons. The van der Waals surface area contributed by atoms with Crippen molar-refractivity contribution in [3.05, 3.63) is 0 Å². The van der Waals surface area contributed by atoms with Crippen LogP contribution in [0.25, 0.3) is 0 Å². The predicted octanol–water partition coefficient (Wildman–Crippen LogP) is -0.367. The summed E-state index contributed by atoms with van der Waals surface area (Å²) in [4.78, 5) is 57.7. The van der Waals surface area contributed by atoms with Gasteiger partial charge in [0.15, 0.2) is 12.2 Å². The molecule has 0 unspecified atom stereocenters. The Balaban J connectivity index is 3.39. The summed E-state index contributed by atoms with van der Waals surface area (Å²) in [5.41, 5.74) is 0. The zero-order chi connectivity index (χ0) is 23.2. The van der Waals surface area contributed by atoms with Gasteiger partial charge in [-0.2, -0.15) is 0 Å². The number of rotatable bonds is 6. The van der Waals surface area contributed by atoms with Crippen LogP contribution < -0.4 is 0 Å². The van der Waals surface area contributed by atoms with Crippen molar-refractivity contribution in [2.45, 2.75) is 65.3 Å². The van der Waals surface area contributed by atoms with Crippen LogP contribution in [0.4, 0.5) is 0 Å².